The van der Waals surface area contributed by atoms with Crippen molar-refractivity contribution >= 4 is 39.9 Å². The predicted octanol–water partition coefficient (Wildman–Crippen LogP) is 2.53. The van der Waals surface area contributed by atoms with Gasteiger partial charge in [-0.15, -0.1) is 0 Å². The number of nitrogens with zero attached hydrogens (tertiary/aromatic N) is 1. The van der Waals surface area contributed by atoms with Gasteiger partial charge in [0.2, 0.25) is 0 Å². The third-order valence-corrected chi connectivity index (χ3v) is 2.62. The van der Waals surface area contributed by atoms with E-state index in [2.05, 4.69) is 10.4 Å². The smallest absolute Gasteiger partial charge is 0.159 e. The monoisotopic (exact) mass is 243 g/mol. The second kappa shape index (κ2) is 3.73. The number of phenolic OH excluding ortho intramolecular Hbond substituents is 1. The molecule has 0 unspecified atom stereocenters. The molecule has 0 bridgehead atoms. The molecule has 4 N–H and O–H groups in total. The molecular formula is C9H7Cl2N3O. The van der Waals surface area contributed by atoms with Gasteiger partial charge < -0.3 is 10.5 Å². The van der Waals surface area contributed by atoms with Gasteiger partial charge in [-0.1, -0.05) is 23.2 Å². The highest BCUT2D eigenvalue weighted by molar-refractivity contribution is 6.37. The van der Waals surface area contributed by atoms with Crippen molar-refractivity contribution in [2.45, 2.75) is 0 Å². The minimum absolute atomic E-state index is 0.0302. The van der Waals surface area contributed by atoms with Crippen LogP contribution >= 0.6 is 23.2 Å². The van der Waals surface area contributed by atoms with E-state index in [4.69, 9.17) is 29.0 Å². The Kier molecular flexibility index (Phi) is 2.56. The van der Waals surface area contributed by atoms with Crippen molar-refractivity contribution in [3.05, 3.63) is 28.2 Å². The van der Waals surface area contributed by atoms with E-state index in [-0.39, 0.29) is 5.75 Å². The van der Waals surface area contributed by atoms with Crippen molar-refractivity contribution in [2.24, 2.45) is 5.84 Å². The van der Waals surface area contributed by atoms with Crippen molar-refractivity contribution in [1.82, 2.24) is 4.98 Å². The second-order valence-electron chi connectivity index (χ2n) is 2.93. The van der Waals surface area contributed by atoms with Crippen LogP contribution in [0.25, 0.3) is 10.9 Å². The van der Waals surface area contributed by atoms with Crippen LogP contribution in [0.15, 0.2) is 18.2 Å². The molecular weight excluding hydrogens is 237 g/mol. The number of halogens is 2. The number of aromatic hydroxyl groups is 1. The maximum absolute atomic E-state index is 9.57. The number of nitrogens with one attached hydrogen (secondary N) is 1. The van der Waals surface area contributed by atoms with Crippen LogP contribution in [0.2, 0.25) is 10.0 Å². The van der Waals surface area contributed by atoms with Crippen LogP contribution in [0.3, 0.4) is 0 Å². The first kappa shape index (κ1) is 10.3. The van der Waals surface area contributed by atoms with Gasteiger partial charge in [-0.05, 0) is 18.2 Å². The summed E-state index contributed by atoms with van der Waals surface area (Å²) in [4.78, 5) is 4.05. The highest BCUT2D eigenvalue weighted by Crippen LogP contribution is 2.33. The molecule has 15 heavy (non-hydrogen) atoms. The Morgan fingerprint density at radius 3 is 2.67 bits per heavy atom. The minimum Gasteiger partial charge on any atom is -0.506 e. The average molecular weight is 244 g/mol. The summed E-state index contributed by atoms with van der Waals surface area (Å²) in [7, 11) is 0. The molecule has 0 radical (unpaired) electrons. The number of phenols is 1. The number of nitrogen functional groups attached to an aromatic ring is 1. The summed E-state index contributed by atoms with van der Waals surface area (Å²) < 4.78 is 0. The molecule has 4 nitrogen and oxygen atoms in total. The van der Waals surface area contributed by atoms with Crippen molar-refractivity contribution in [3.8, 4) is 5.75 Å². The van der Waals surface area contributed by atoms with Gasteiger partial charge in [-0.3, -0.25) is 0 Å². The van der Waals surface area contributed by atoms with Crippen molar-refractivity contribution in [3.63, 3.8) is 0 Å². The van der Waals surface area contributed by atoms with E-state index in [1.54, 1.807) is 12.1 Å². The molecule has 0 aliphatic rings. The first-order chi connectivity index (χ1) is 7.13. The van der Waals surface area contributed by atoms with Crippen LogP contribution in [-0.4, -0.2) is 10.1 Å². The molecule has 0 amide bonds. The van der Waals surface area contributed by atoms with Gasteiger partial charge in [0.05, 0.1) is 10.0 Å². The highest BCUT2D eigenvalue weighted by Gasteiger charge is 2.09. The number of nitrogens with two attached hydrogens (primary N) is 1. The van der Waals surface area contributed by atoms with E-state index in [1.165, 1.54) is 6.07 Å². The van der Waals surface area contributed by atoms with E-state index >= 15 is 0 Å². The quantitative estimate of drug-likeness (QED) is 0.532. The van der Waals surface area contributed by atoms with Crippen LogP contribution in [-0.2, 0) is 0 Å². The topological polar surface area (TPSA) is 71.2 Å². The average Bonchev–Trinajstić information content (AvgIpc) is 2.23. The molecule has 1 aromatic heterocycles. The van der Waals surface area contributed by atoms with Crippen LogP contribution in [0.5, 0.6) is 5.75 Å². The Hall–Kier alpha value is -1.23. The van der Waals surface area contributed by atoms with Gasteiger partial charge in [0.1, 0.15) is 11.3 Å². The molecule has 1 aromatic carbocycles. The van der Waals surface area contributed by atoms with Crippen LogP contribution in [0, 0.1) is 0 Å². The normalized spacial score (nSPS) is 10.6. The van der Waals surface area contributed by atoms with Gasteiger partial charge in [0.25, 0.3) is 0 Å². The Balaban J connectivity index is 2.86. The summed E-state index contributed by atoms with van der Waals surface area (Å²) in [6, 6.07) is 4.64. The fraction of sp³-hybridized carbons (Fsp3) is 0. The second-order valence-corrected chi connectivity index (χ2v) is 3.74. The number of rotatable bonds is 1. The lowest BCUT2D eigenvalue weighted by molar-refractivity contribution is 0.480. The van der Waals surface area contributed by atoms with E-state index < -0.39 is 0 Å². The summed E-state index contributed by atoms with van der Waals surface area (Å²) in [5.41, 5.74) is 2.70. The van der Waals surface area contributed by atoms with Crippen LogP contribution in [0.1, 0.15) is 0 Å². The Labute approximate surface area is 95.6 Å². The molecule has 2 aromatic rings. The molecule has 0 aliphatic heterocycles. The third-order valence-electron chi connectivity index (χ3n) is 2.00. The zero-order chi connectivity index (χ0) is 11.0. The minimum atomic E-state index is 0.0302. The summed E-state index contributed by atoms with van der Waals surface area (Å²) in [6.45, 7) is 0. The number of pyridine rings is 1. The molecule has 1 heterocycles. The van der Waals surface area contributed by atoms with Crippen molar-refractivity contribution < 1.29 is 5.11 Å². The van der Waals surface area contributed by atoms with Gasteiger partial charge in [0.15, 0.2) is 5.82 Å². The summed E-state index contributed by atoms with van der Waals surface area (Å²) in [6.07, 6.45) is 0. The molecule has 0 saturated heterocycles. The number of hydrogen-bond donors (Lipinski definition) is 3. The SMILES string of the molecule is NNc1nc2c(O)ccc(Cl)c2cc1Cl. The van der Waals surface area contributed by atoms with Gasteiger partial charge >= 0.3 is 0 Å². The number of hydrogen-bond acceptors (Lipinski definition) is 4. The van der Waals surface area contributed by atoms with Gasteiger partial charge in [-0.25, -0.2) is 10.8 Å². The Bertz CT molecular complexity index is 530. The predicted molar refractivity (Wildman–Crippen MR) is 61.2 cm³/mol. The number of hydrazine groups is 1. The summed E-state index contributed by atoms with van der Waals surface area (Å²) in [5.74, 6) is 5.54. The molecule has 0 atom stereocenters. The Morgan fingerprint density at radius 1 is 1.27 bits per heavy atom. The maximum atomic E-state index is 9.57. The highest BCUT2D eigenvalue weighted by atomic mass is 35.5. The van der Waals surface area contributed by atoms with Gasteiger partial charge in [-0.2, -0.15) is 0 Å². The third kappa shape index (κ3) is 1.67. The standard InChI is InChI=1S/C9H7Cl2N3O/c10-5-1-2-7(15)8-4(5)3-6(11)9(13-8)14-12/h1-3,15H,12H2,(H,13,14). The van der Waals surface area contributed by atoms with Crippen LogP contribution in [0.4, 0.5) is 5.82 Å². The summed E-state index contributed by atoms with van der Waals surface area (Å²) >= 11 is 11.8. The van der Waals surface area contributed by atoms with E-state index in [0.29, 0.717) is 26.8 Å². The molecule has 0 aliphatic carbocycles. The molecule has 2 rings (SSSR count). The van der Waals surface area contributed by atoms with Crippen molar-refractivity contribution in [2.75, 3.05) is 5.43 Å². The summed E-state index contributed by atoms with van der Waals surface area (Å²) in [5, 5.41) is 11.0. The molecule has 6 heteroatoms. The van der Waals surface area contributed by atoms with E-state index in [0.717, 1.165) is 0 Å². The zero-order valence-electron chi connectivity index (χ0n) is 7.46. The lowest BCUT2D eigenvalue weighted by Gasteiger charge is -2.07. The fourth-order valence-corrected chi connectivity index (χ4v) is 1.70. The zero-order valence-corrected chi connectivity index (χ0v) is 8.97. The lowest BCUT2D eigenvalue weighted by Crippen LogP contribution is -2.09. The molecule has 0 saturated carbocycles. The van der Waals surface area contributed by atoms with Crippen LogP contribution < -0.4 is 11.3 Å². The number of anilines is 1. The Morgan fingerprint density at radius 2 is 2.00 bits per heavy atom. The molecule has 78 valence electrons. The fourth-order valence-electron chi connectivity index (χ4n) is 1.29. The maximum Gasteiger partial charge on any atom is 0.159 e. The lowest BCUT2D eigenvalue weighted by atomic mass is 10.2. The molecule has 0 fully saturated rings. The van der Waals surface area contributed by atoms with Gasteiger partial charge in [0, 0.05) is 5.39 Å². The number of benzene rings is 1. The first-order valence-electron chi connectivity index (χ1n) is 4.08. The largest absolute Gasteiger partial charge is 0.506 e. The number of aromatic nitrogens is 1. The van der Waals surface area contributed by atoms with Crippen molar-refractivity contribution in [1.29, 1.82) is 0 Å². The van der Waals surface area contributed by atoms with E-state index in [9.17, 15) is 5.11 Å². The molecule has 0 spiro atoms. The number of fused-ring (bicyclic) bond motifs is 1. The first-order valence-corrected chi connectivity index (χ1v) is 4.83. The van der Waals surface area contributed by atoms with E-state index in [1.807, 2.05) is 0 Å².